The number of fused-ring (bicyclic) bond motifs is 1. The van der Waals surface area contributed by atoms with E-state index in [1.165, 1.54) is 16.7 Å². The van der Waals surface area contributed by atoms with Gasteiger partial charge in [0.1, 0.15) is 5.78 Å². The van der Waals surface area contributed by atoms with E-state index < -0.39 is 0 Å². The normalized spacial score (nSPS) is 29.1. The third-order valence-electron chi connectivity index (χ3n) is 3.57. The first-order valence-electron chi connectivity index (χ1n) is 5.60. The fourth-order valence-electron chi connectivity index (χ4n) is 2.84. The van der Waals surface area contributed by atoms with Crippen LogP contribution in [-0.2, 0) is 4.79 Å². The van der Waals surface area contributed by atoms with Crippen LogP contribution < -0.4 is 0 Å². The van der Waals surface area contributed by atoms with Gasteiger partial charge in [0, 0.05) is 12.3 Å². The van der Waals surface area contributed by atoms with Crippen LogP contribution in [0.5, 0.6) is 0 Å². The molecule has 0 bridgehead atoms. The maximum atomic E-state index is 11.8. The van der Waals surface area contributed by atoms with Crippen LogP contribution in [0, 0.1) is 11.8 Å². The lowest BCUT2D eigenvalue weighted by Gasteiger charge is -2.14. The van der Waals surface area contributed by atoms with E-state index >= 15 is 0 Å². The molecule has 0 aliphatic heterocycles. The maximum absolute atomic E-state index is 11.8. The second-order valence-corrected chi connectivity index (χ2v) is 4.92. The highest BCUT2D eigenvalue weighted by Gasteiger charge is 2.42. The van der Waals surface area contributed by atoms with Crippen molar-refractivity contribution in [2.24, 2.45) is 11.8 Å². The number of Topliss-reactive ketones (excluding diaryl/α,β-unsaturated/α-hetero) is 1. The Hall–Kier alpha value is -1.11. The topological polar surface area (TPSA) is 17.1 Å². The van der Waals surface area contributed by atoms with Crippen molar-refractivity contribution in [3.8, 4) is 0 Å². The van der Waals surface area contributed by atoms with Gasteiger partial charge in [-0.25, -0.2) is 0 Å². The zero-order chi connectivity index (χ0) is 11.2. The first-order valence-corrected chi connectivity index (χ1v) is 5.60. The van der Waals surface area contributed by atoms with E-state index in [1.807, 2.05) is 6.92 Å². The molecular formula is C14H18O. The first kappa shape index (κ1) is 10.4. The number of allylic oxidation sites excluding steroid dienone is 5. The molecule has 0 amide bonds. The van der Waals surface area contributed by atoms with Gasteiger partial charge in [-0.1, -0.05) is 23.8 Å². The van der Waals surface area contributed by atoms with Crippen molar-refractivity contribution >= 4 is 5.78 Å². The molecule has 0 radical (unpaired) electrons. The van der Waals surface area contributed by atoms with E-state index in [9.17, 15) is 4.79 Å². The number of hydrogen-bond donors (Lipinski definition) is 0. The molecule has 0 unspecified atom stereocenters. The van der Waals surface area contributed by atoms with Crippen molar-refractivity contribution in [1.82, 2.24) is 0 Å². The largest absolute Gasteiger partial charge is 0.299 e. The Morgan fingerprint density at radius 3 is 2.60 bits per heavy atom. The van der Waals surface area contributed by atoms with E-state index in [0.717, 1.165) is 18.4 Å². The first-order chi connectivity index (χ1) is 7.02. The summed E-state index contributed by atoms with van der Waals surface area (Å²) >= 11 is 0. The van der Waals surface area contributed by atoms with Crippen LogP contribution in [0.1, 0.15) is 33.6 Å². The van der Waals surface area contributed by atoms with E-state index in [0.29, 0.717) is 11.7 Å². The summed E-state index contributed by atoms with van der Waals surface area (Å²) in [5, 5.41) is 0. The molecule has 1 nitrogen and oxygen atoms in total. The molecule has 15 heavy (non-hydrogen) atoms. The summed E-state index contributed by atoms with van der Waals surface area (Å²) in [5.41, 5.74) is 4.95. The molecule has 1 heteroatoms. The summed E-state index contributed by atoms with van der Waals surface area (Å²) in [6.45, 7) is 10.2. The quantitative estimate of drug-likeness (QED) is 0.636. The summed E-state index contributed by atoms with van der Waals surface area (Å²) in [7, 11) is 0. The highest BCUT2D eigenvalue weighted by atomic mass is 16.1. The Morgan fingerprint density at radius 1 is 1.40 bits per heavy atom. The zero-order valence-corrected chi connectivity index (χ0v) is 9.76. The van der Waals surface area contributed by atoms with Crippen molar-refractivity contribution in [1.29, 1.82) is 0 Å². The van der Waals surface area contributed by atoms with Crippen molar-refractivity contribution in [3.05, 3.63) is 34.9 Å². The lowest BCUT2D eigenvalue weighted by atomic mass is 9.88. The van der Waals surface area contributed by atoms with Crippen LogP contribution >= 0.6 is 0 Å². The molecule has 0 aromatic heterocycles. The lowest BCUT2D eigenvalue weighted by molar-refractivity contribution is -0.119. The van der Waals surface area contributed by atoms with Crippen molar-refractivity contribution < 1.29 is 4.79 Å². The van der Waals surface area contributed by atoms with Gasteiger partial charge in [-0.3, -0.25) is 4.79 Å². The minimum Gasteiger partial charge on any atom is -0.299 e. The van der Waals surface area contributed by atoms with Gasteiger partial charge in [-0.05, 0) is 44.3 Å². The molecule has 1 saturated carbocycles. The minimum absolute atomic E-state index is 0.132. The Morgan fingerprint density at radius 2 is 2.07 bits per heavy atom. The van der Waals surface area contributed by atoms with Gasteiger partial charge in [0.2, 0.25) is 0 Å². The zero-order valence-electron chi connectivity index (χ0n) is 9.76. The molecule has 0 spiro atoms. The second kappa shape index (κ2) is 3.48. The summed E-state index contributed by atoms with van der Waals surface area (Å²) in [4.78, 5) is 11.8. The van der Waals surface area contributed by atoms with E-state index in [4.69, 9.17) is 0 Å². The predicted octanol–water partition coefficient (Wildman–Crippen LogP) is 3.43. The Labute approximate surface area is 91.6 Å². The Bertz CT molecular complexity index is 392. The average Bonchev–Trinajstić information content (AvgIpc) is 2.66. The standard InChI is InChI=1S/C14H18O/c1-8(2)11-7-12(9(3)4)14-10(11)5-6-13(14)15/h7,10,14H,3,5-6H2,1-2,4H3/t10-,14-/m0/s1. The monoisotopic (exact) mass is 202 g/mol. The number of rotatable bonds is 1. The van der Waals surface area contributed by atoms with E-state index in [2.05, 4.69) is 26.5 Å². The molecule has 2 rings (SSSR count). The van der Waals surface area contributed by atoms with Crippen LogP contribution in [0.4, 0.5) is 0 Å². The summed E-state index contributed by atoms with van der Waals surface area (Å²) in [5.74, 6) is 0.993. The molecule has 0 aromatic rings. The number of carbonyl (C=O) groups is 1. The van der Waals surface area contributed by atoms with Gasteiger partial charge in [0.25, 0.3) is 0 Å². The van der Waals surface area contributed by atoms with Crippen LogP contribution in [0.25, 0.3) is 0 Å². The fourth-order valence-corrected chi connectivity index (χ4v) is 2.84. The van der Waals surface area contributed by atoms with Gasteiger partial charge in [-0.15, -0.1) is 0 Å². The molecule has 0 N–H and O–H groups in total. The fraction of sp³-hybridized carbons (Fsp3) is 0.500. The highest BCUT2D eigenvalue weighted by molar-refractivity contribution is 5.89. The van der Waals surface area contributed by atoms with Crippen LogP contribution in [0.2, 0.25) is 0 Å². The van der Waals surface area contributed by atoms with Crippen molar-refractivity contribution in [2.45, 2.75) is 33.6 Å². The van der Waals surface area contributed by atoms with Gasteiger partial charge in [0.15, 0.2) is 0 Å². The molecule has 1 fully saturated rings. The smallest absolute Gasteiger partial charge is 0.140 e. The van der Waals surface area contributed by atoms with Gasteiger partial charge in [-0.2, -0.15) is 0 Å². The molecule has 0 aromatic carbocycles. The van der Waals surface area contributed by atoms with Gasteiger partial charge in [0.05, 0.1) is 0 Å². The molecule has 0 saturated heterocycles. The minimum atomic E-state index is 0.132. The third kappa shape index (κ3) is 1.50. The molecule has 2 aliphatic carbocycles. The van der Waals surface area contributed by atoms with Gasteiger partial charge >= 0.3 is 0 Å². The SMILES string of the molecule is C=C(C)C1=CC(=C(C)C)[C@@H]2CCC(=O)[C@H]12. The summed E-state index contributed by atoms with van der Waals surface area (Å²) < 4.78 is 0. The van der Waals surface area contributed by atoms with E-state index in [-0.39, 0.29) is 5.92 Å². The average molecular weight is 202 g/mol. The summed E-state index contributed by atoms with van der Waals surface area (Å²) in [6, 6.07) is 0. The summed E-state index contributed by atoms with van der Waals surface area (Å²) in [6.07, 6.45) is 3.97. The predicted molar refractivity (Wildman–Crippen MR) is 62.5 cm³/mol. The molecule has 0 heterocycles. The van der Waals surface area contributed by atoms with Crippen molar-refractivity contribution in [2.75, 3.05) is 0 Å². The number of carbonyl (C=O) groups excluding carboxylic acids is 1. The van der Waals surface area contributed by atoms with Crippen molar-refractivity contribution in [3.63, 3.8) is 0 Å². The number of hydrogen-bond acceptors (Lipinski definition) is 1. The molecular weight excluding hydrogens is 184 g/mol. The second-order valence-electron chi connectivity index (χ2n) is 4.92. The maximum Gasteiger partial charge on any atom is 0.140 e. The third-order valence-corrected chi connectivity index (χ3v) is 3.57. The van der Waals surface area contributed by atoms with Crippen LogP contribution in [-0.4, -0.2) is 5.78 Å². The van der Waals surface area contributed by atoms with Crippen LogP contribution in [0.15, 0.2) is 34.9 Å². The Kier molecular flexibility index (Phi) is 2.41. The molecule has 80 valence electrons. The number of ketones is 1. The highest BCUT2D eigenvalue weighted by Crippen LogP contribution is 2.47. The lowest BCUT2D eigenvalue weighted by Crippen LogP contribution is -2.13. The molecule has 2 aliphatic rings. The van der Waals surface area contributed by atoms with Gasteiger partial charge < -0.3 is 0 Å². The van der Waals surface area contributed by atoms with E-state index in [1.54, 1.807) is 0 Å². The Balaban J connectivity index is 2.48. The molecule has 2 atom stereocenters. The van der Waals surface area contributed by atoms with Crippen LogP contribution in [0.3, 0.4) is 0 Å².